The van der Waals surface area contributed by atoms with Crippen LogP contribution in [0.5, 0.6) is 5.75 Å². The first-order valence-corrected chi connectivity index (χ1v) is 7.40. The van der Waals surface area contributed by atoms with Crippen molar-refractivity contribution in [2.24, 2.45) is 0 Å². The van der Waals surface area contributed by atoms with E-state index in [-0.39, 0.29) is 19.1 Å². The highest BCUT2D eigenvalue weighted by atomic mass is 16.5. The van der Waals surface area contributed by atoms with E-state index in [1.807, 2.05) is 29.2 Å². The van der Waals surface area contributed by atoms with Crippen molar-refractivity contribution >= 4 is 5.91 Å². The van der Waals surface area contributed by atoms with Gasteiger partial charge in [-0.3, -0.25) is 4.79 Å². The molecule has 1 amide bonds. The van der Waals surface area contributed by atoms with Gasteiger partial charge in [0.05, 0.1) is 0 Å². The van der Waals surface area contributed by atoms with Gasteiger partial charge >= 0.3 is 0 Å². The molecule has 0 radical (unpaired) electrons. The smallest absolute Gasteiger partial charge is 0.260 e. The number of hydrogen-bond acceptors (Lipinski definition) is 3. The van der Waals surface area contributed by atoms with Crippen LogP contribution in [0.1, 0.15) is 31.2 Å². The van der Waals surface area contributed by atoms with E-state index in [9.17, 15) is 4.79 Å². The molecule has 1 heterocycles. The van der Waals surface area contributed by atoms with Gasteiger partial charge in [0.15, 0.2) is 6.61 Å². The molecule has 0 spiro atoms. The summed E-state index contributed by atoms with van der Waals surface area (Å²) in [5, 5.41) is 8.85. The monoisotopic (exact) mass is 277 g/mol. The van der Waals surface area contributed by atoms with Crippen molar-refractivity contribution < 1.29 is 14.6 Å². The van der Waals surface area contributed by atoms with E-state index < -0.39 is 0 Å². The maximum Gasteiger partial charge on any atom is 0.260 e. The van der Waals surface area contributed by atoms with Crippen molar-refractivity contribution in [3.63, 3.8) is 0 Å². The number of aliphatic hydroxyl groups is 1. The third-order valence-electron chi connectivity index (χ3n) is 3.64. The van der Waals surface area contributed by atoms with E-state index in [2.05, 4.69) is 0 Å². The summed E-state index contributed by atoms with van der Waals surface area (Å²) in [5.74, 6) is 0.779. The van der Waals surface area contributed by atoms with Crippen LogP contribution in [-0.2, 0) is 11.2 Å². The average Bonchev–Trinajstić information content (AvgIpc) is 2.76. The molecule has 1 N–H and O–H groups in total. The predicted molar refractivity (Wildman–Crippen MR) is 77.8 cm³/mol. The van der Waals surface area contributed by atoms with Crippen LogP contribution in [0.25, 0.3) is 0 Å². The van der Waals surface area contributed by atoms with E-state index in [1.54, 1.807) is 0 Å². The molecule has 4 heteroatoms. The number of aliphatic hydroxyl groups excluding tert-OH is 1. The van der Waals surface area contributed by atoms with Crippen LogP contribution in [0, 0.1) is 0 Å². The Bertz CT molecular complexity index is 408. The van der Waals surface area contributed by atoms with E-state index in [0.717, 1.165) is 31.5 Å². The Balaban J connectivity index is 1.80. The van der Waals surface area contributed by atoms with Crippen LogP contribution in [0.3, 0.4) is 0 Å². The molecule has 110 valence electrons. The molecule has 0 unspecified atom stereocenters. The molecule has 0 bridgehead atoms. The Morgan fingerprint density at radius 2 is 1.75 bits per heavy atom. The molecular weight excluding hydrogens is 254 g/mol. The van der Waals surface area contributed by atoms with Gasteiger partial charge in [-0.05, 0) is 37.0 Å². The summed E-state index contributed by atoms with van der Waals surface area (Å²) in [6, 6.07) is 7.53. The van der Waals surface area contributed by atoms with Crippen LogP contribution in [0.4, 0.5) is 0 Å². The molecular formula is C16H23NO3. The molecule has 1 saturated heterocycles. The average molecular weight is 277 g/mol. The second-order valence-electron chi connectivity index (χ2n) is 5.20. The van der Waals surface area contributed by atoms with Gasteiger partial charge in [-0.15, -0.1) is 0 Å². The van der Waals surface area contributed by atoms with Gasteiger partial charge in [-0.25, -0.2) is 0 Å². The van der Waals surface area contributed by atoms with Crippen molar-refractivity contribution in [1.82, 2.24) is 4.90 Å². The Morgan fingerprint density at radius 3 is 2.35 bits per heavy atom. The largest absolute Gasteiger partial charge is 0.484 e. The Morgan fingerprint density at radius 1 is 1.10 bits per heavy atom. The molecule has 4 nitrogen and oxygen atoms in total. The Kier molecular flexibility index (Phi) is 5.87. The van der Waals surface area contributed by atoms with Crippen molar-refractivity contribution in [3.8, 4) is 5.75 Å². The molecule has 1 fully saturated rings. The topological polar surface area (TPSA) is 49.8 Å². The van der Waals surface area contributed by atoms with Crippen molar-refractivity contribution in [1.29, 1.82) is 0 Å². The summed E-state index contributed by atoms with van der Waals surface area (Å²) in [6.45, 7) is 1.97. The number of amides is 1. The van der Waals surface area contributed by atoms with Gasteiger partial charge in [0.1, 0.15) is 5.75 Å². The third kappa shape index (κ3) is 4.53. The highest BCUT2D eigenvalue weighted by molar-refractivity contribution is 5.77. The zero-order valence-electron chi connectivity index (χ0n) is 11.9. The fourth-order valence-electron chi connectivity index (χ4n) is 2.44. The first-order valence-electron chi connectivity index (χ1n) is 7.40. The molecule has 1 aromatic carbocycles. The first kappa shape index (κ1) is 14.9. The molecule has 0 aromatic heterocycles. The summed E-state index contributed by atoms with van der Waals surface area (Å²) in [7, 11) is 0. The normalized spacial score (nSPS) is 15.8. The van der Waals surface area contributed by atoms with Gasteiger partial charge < -0.3 is 14.7 Å². The lowest BCUT2D eigenvalue weighted by Crippen LogP contribution is -2.35. The number of likely N-dealkylation sites (tertiary alicyclic amines) is 1. The first-order chi connectivity index (χ1) is 9.79. The molecule has 1 aromatic rings. The molecule has 2 rings (SSSR count). The number of benzene rings is 1. The summed E-state index contributed by atoms with van der Waals surface area (Å²) >= 11 is 0. The van der Waals surface area contributed by atoms with Crippen LogP contribution in [0.2, 0.25) is 0 Å². The molecule has 0 atom stereocenters. The summed E-state index contributed by atoms with van der Waals surface area (Å²) < 4.78 is 5.54. The highest BCUT2D eigenvalue weighted by Crippen LogP contribution is 2.14. The number of carbonyl (C=O) groups is 1. The number of nitrogens with zero attached hydrogens (tertiary/aromatic N) is 1. The highest BCUT2D eigenvalue weighted by Gasteiger charge is 2.15. The minimum atomic E-state index is 0.0753. The van der Waals surface area contributed by atoms with Crippen molar-refractivity contribution in [2.75, 3.05) is 26.3 Å². The lowest BCUT2D eigenvalue weighted by Gasteiger charge is -2.20. The number of hydrogen-bond donors (Lipinski definition) is 1. The molecule has 1 aliphatic heterocycles. The molecule has 1 aliphatic rings. The Hall–Kier alpha value is -1.55. The van der Waals surface area contributed by atoms with Crippen LogP contribution >= 0.6 is 0 Å². The third-order valence-corrected chi connectivity index (χ3v) is 3.64. The zero-order chi connectivity index (χ0) is 14.2. The van der Waals surface area contributed by atoms with Gasteiger partial charge in [-0.2, -0.15) is 0 Å². The lowest BCUT2D eigenvalue weighted by atomic mass is 10.1. The van der Waals surface area contributed by atoms with Crippen LogP contribution in [0.15, 0.2) is 24.3 Å². The number of rotatable bonds is 5. The number of carbonyl (C=O) groups excluding carboxylic acids is 1. The van der Waals surface area contributed by atoms with Gasteiger partial charge in [-0.1, -0.05) is 25.0 Å². The second kappa shape index (κ2) is 7.90. The van der Waals surface area contributed by atoms with Crippen LogP contribution in [-0.4, -0.2) is 42.2 Å². The fourth-order valence-corrected chi connectivity index (χ4v) is 2.44. The predicted octanol–water partition coefficient (Wildman–Crippen LogP) is 2.00. The summed E-state index contributed by atoms with van der Waals surface area (Å²) in [6.07, 6.45) is 5.28. The van der Waals surface area contributed by atoms with Gasteiger partial charge in [0, 0.05) is 19.7 Å². The van der Waals surface area contributed by atoms with Crippen molar-refractivity contribution in [3.05, 3.63) is 29.8 Å². The van der Waals surface area contributed by atoms with E-state index in [1.165, 1.54) is 12.8 Å². The van der Waals surface area contributed by atoms with Gasteiger partial charge in [0.2, 0.25) is 0 Å². The van der Waals surface area contributed by atoms with E-state index in [0.29, 0.717) is 12.2 Å². The molecule has 20 heavy (non-hydrogen) atoms. The van der Waals surface area contributed by atoms with Crippen molar-refractivity contribution in [2.45, 2.75) is 32.1 Å². The number of ether oxygens (including phenoxy) is 1. The second-order valence-corrected chi connectivity index (χ2v) is 5.20. The quantitative estimate of drug-likeness (QED) is 0.895. The maximum atomic E-state index is 12.1. The van der Waals surface area contributed by atoms with E-state index in [4.69, 9.17) is 9.84 Å². The maximum absolute atomic E-state index is 12.1. The van der Waals surface area contributed by atoms with Crippen LogP contribution < -0.4 is 4.74 Å². The summed E-state index contributed by atoms with van der Waals surface area (Å²) in [5.41, 5.74) is 1.07. The Labute approximate surface area is 120 Å². The standard InChI is InChI=1S/C16H23NO3/c18-12-9-14-5-7-15(8-6-14)20-13-16(19)17-10-3-1-2-4-11-17/h5-8,18H,1-4,9-13H2. The zero-order valence-corrected chi connectivity index (χ0v) is 11.9. The minimum absolute atomic E-state index is 0.0753. The molecule has 0 aliphatic carbocycles. The summed E-state index contributed by atoms with van der Waals surface area (Å²) in [4.78, 5) is 14.0. The molecule has 0 saturated carbocycles. The fraction of sp³-hybridized carbons (Fsp3) is 0.562. The minimum Gasteiger partial charge on any atom is -0.484 e. The lowest BCUT2D eigenvalue weighted by molar-refractivity contribution is -0.133. The van der Waals surface area contributed by atoms with E-state index >= 15 is 0 Å². The van der Waals surface area contributed by atoms with Gasteiger partial charge in [0.25, 0.3) is 5.91 Å². The SMILES string of the molecule is O=C(COc1ccc(CCO)cc1)N1CCCCCC1.